The summed E-state index contributed by atoms with van der Waals surface area (Å²) in [5.74, 6) is 5.64. The number of hydrogen-bond donors (Lipinski definition) is 0. The third-order valence-electron chi connectivity index (χ3n) is 8.35. The van der Waals surface area contributed by atoms with Gasteiger partial charge in [-0.05, 0) is 93.3 Å². The molecule has 0 amide bonds. The number of hydrogen-bond acceptors (Lipinski definition) is 4. The van der Waals surface area contributed by atoms with E-state index in [1.165, 1.54) is 37.7 Å². The largest absolute Gasteiger partial charge is 0.466 e. The molecule has 4 nitrogen and oxygen atoms in total. The Bertz CT molecular complexity index is 641. The molecule has 0 radical (unpaired) electrons. The fourth-order valence-electron chi connectivity index (χ4n) is 7.99. The number of carbonyl (C=O) groups excluding carboxylic acids is 2. The first-order valence-electron chi connectivity index (χ1n) is 10.7. The van der Waals surface area contributed by atoms with E-state index in [-0.39, 0.29) is 18.4 Å². The molecule has 4 unspecified atom stereocenters. The molecule has 4 heteroatoms. The van der Waals surface area contributed by atoms with Crippen LogP contribution in [0.5, 0.6) is 0 Å². The van der Waals surface area contributed by atoms with Crippen LogP contribution in [0.3, 0.4) is 0 Å². The number of rotatable bonds is 5. The topological polar surface area (TPSA) is 52.6 Å². The smallest absolute Gasteiger partial charge is 0.334 e. The van der Waals surface area contributed by atoms with Crippen molar-refractivity contribution >= 4 is 11.9 Å². The lowest BCUT2D eigenvalue weighted by molar-refractivity contribution is -0.178. The van der Waals surface area contributed by atoms with Gasteiger partial charge in [0.15, 0.2) is 0 Å². The first-order chi connectivity index (χ1) is 12.6. The first-order valence-corrected chi connectivity index (χ1v) is 10.7. The average molecular weight is 358 g/mol. The highest BCUT2D eigenvalue weighted by Crippen LogP contribution is 2.72. The van der Waals surface area contributed by atoms with Gasteiger partial charge in [0, 0.05) is 5.57 Å². The van der Waals surface area contributed by atoms with Crippen LogP contribution >= 0.6 is 0 Å². The quantitative estimate of drug-likeness (QED) is 0.555. The van der Waals surface area contributed by atoms with E-state index in [1.54, 1.807) is 0 Å². The lowest BCUT2D eigenvalue weighted by Gasteiger charge is -2.70. The van der Waals surface area contributed by atoms with Gasteiger partial charge in [-0.2, -0.15) is 0 Å². The summed E-state index contributed by atoms with van der Waals surface area (Å²) in [6.45, 7) is 4.37. The van der Waals surface area contributed by atoms with Crippen LogP contribution in [0.25, 0.3) is 0 Å². The fourth-order valence-corrected chi connectivity index (χ4v) is 7.99. The molecule has 0 aliphatic heterocycles. The molecule has 142 valence electrons. The number of esters is 2. The highest BCUT2D eigenvalue weighted by molar-refractivity contribution is 5.95. The SMILES string of the molecule is CCOC(=O)C/C(C(=O)OCC)=C1\C2CC3C4CC5CC3C1C(C5)C4C2. The average Bonchev–Trinajstić information content (AvgIpc) is 2.63. The van der Waals surface area contributed by atoms with Gasteiger partial charge in [0.25, 0.3) is 0 Å². The second-order valence-corrected chi connectivity index (χ2v) is 9.22. The molecular formula is C22H30O4. The van der Waals surface area contributed by atoms with E-state index in [4.69, 9.17) is 9.47 Å². The lowest BCUT2D eigenvalue weighted by atomic mass is 9.34. The van der Waals surface area contributed by atoms with E-state index in [1.807, 2.05) is 13.8 Å². The fraction of sp³-hybridized carbons (Fsp3) is 0.818. The van der Waals surface area contributed by atoms with Crippen molar-refractivity contribution in [2.24, 2.45) is 47.3 Å². The third kappa shape index (κ3) is 2.26. The maximum absolute atomic E-state index is 12.8. The van der Waals surface area contributed by atoms with Gasteiger partial charge in [0.1, 0.15) is 0 Å². The molecule has 8 bridgehead atoms. The van der Waals surface area contributed by atoms with Crippen LogP contribution in [-0.4, -0.2) is 25.2 Å². The predicted molar refractivity (Wildman–Crippen MR) is 95.9 cm³/mol. The molecule has 7 fully saturated rings. The zero-order valence-corrected chi connectivity index (χ0v) is 15.9. The van der Waals surface area contributed by atoms with Crippen molar-refractivity contribution in [3.8, 4) is 0 Å². The molecule has 26 heavy (non-hydrogen) atoms. The summed E-state index contributed by atoms with van der Waals surface area (Å²) in [7, 11) is 0. The van der Waals surface area contributed by atoms with Gasteiger partial charge in [-0.25, -0.2) is 4.79 Å². The number of allylic oxidation sites excluding steroid dienone is 1. The molecule has 0 heterocycles. The van der Waals surface area contributed by atoms with Crippen LogP contribution in [0, 0.1) is 47.3 Å². The Hall–Kier alpha value is -1.32. The molecule has 7 saturated carbocycles. The summed E-state index contributed by atoms with van der Waals surface area (Å²) in [5.41, 5.74) is 1.97. The second kappa shape index (κ2) is 6.10. The standard InChI is InChI=1S/C22H30O4/c1-3-25-19(23)10-18(22(24)26-4-2)20-12-8-14-13-5-11-6-16(14)21(20)17(7-11)15(13)9-12/h11-17,21H,3-10H2,1-2H3/b20-18-. The van der Waals surface area contributed by atoms with E-state index in [9.17, 15) is 9.59 Å². The third-order valence-corrected chi connectivity index (χ3v) is 8.35. The number of carbonyl (C=O) groups is 2. The van der Waals surface area contributed by atoms with Crippen molar-refractivity contribution in [2.75, 3.05) is 13.2 Å². The maximum Gasteiger partial charge on any atom is 0.334 e. The Morgan fingerprint density at radius 2 is 1.42 bits per heavy atom. The van der Waals surface area contributed by atoms with Crippen LogP contribution in [0.4, 0.5) is 0 Å². The minimum atomic E-state index is -0.287. The van der Waals surface area contributed by atoms with Crippen LogP contribution < -0.4 is 0 Å². The van der Waals surface area contributed by atoms with Crippen molar-refractivity contribution in [3.63, 3.8) is 0 Å². The highest BCUT2D eigenvalue weighted by atomic mass is 16.5. The molecule has 7 rings (SSSR count). The van der Waals surface area contributed by atoms with Crippen LogP contribution in [-0.2, 0) is 19.1 Å². The summed E-state index contributed by atoms with van der Waals surface area (Å²) in [6.07, 6.45) is 6.73. The van der Waals surface area contributed by atoms with Crippen LogP contribution in [0.1, 0.15) is 52.4 Å². The van der Waals surface area contributed by atoms with Gasteiger partial charge >= 0.3 is 11.9 Å². The molecule has 7 aliphatic carbocycles. The summed E-state index contributed by atoms with van der Waals surface area (Å²) < 4.78 is 10.6. The summed E-state index contributed by atoms with van der Waals surface area (Å²) in [6, 6.07) is 0. The van der Waals surface area contributed by atoms with Crippen molar-refractivity contribution in [3.05, 3.63) is 11.1 Å². The molecular weight excluding hydrogens is 328 g/mol. The van der Waals surface area contributed by atoms with Crippen LogP contribution in [0.15, 0.2) is 11.1 Å². The molecule has 0 aromatic carbocycles. The molecule has 0 saturated heterocycles. The Kier molecular flexibility index (Phi) is 3.95. The van der Waals surface area contributed by atoms with E-state index < -0.39 is 0 Å². The van der Waals surface area contributed by atoms with E-state index in [0.29, 0.717) is 30.6 Å². The molecule has 4 atom stereocenters. The van der Waals surface area contributed by atoms with Gasteiger partial charge in [0.2, 0.25) is 0 Å². The predicted octanol–water partition coefficient (Wildman–Crippen LogP) is 3.75. The van der Waals surface area contributed by atoms with Gasteiger partial charge in [-0.1, -0.05) is 5.57 Å². The van der Waals surface area contributed by atoms with Crippen molar-refractivity contribution in [1.29, 1.82) is 0 Å². The minimum Gasteiger partial charge on any atom is -0.466 e. The van der Waals surface area contributed by atoms with Gasteiger partial charge < -0.3 is 9.47 Å². The van der Waals surface area contributed by atoms with Gasteiger partial charge in [-0.3, -0.25) is 4.79 Å². The molecule has 0 spiro atoms. The van der Waals surface area contributed by atoms with E-state index >= 15 is 0 Å². The maximum atomic E-state index is 12.8. The zero-order valence-electron chi connectivity index (χ0n) is 15.9. The number of ether oxygens (including phenoxy) is 2. The first kappa shape index (κ1) is 16.8. The monoisotopic (exact) mass is 358 g/mol. The van der Waals surface area contributed by atoms with Crippen molar-refractivity contribution in [1.82, 2.24) is 0 Å². The second-order valence-electron chi connectivity index (χ2n) is 9.22. The minimum absolute atomic E-state index is 0.0939. The molecule has 0 aromatic heterocycles. The van der Waals surface area contributed by atoms with Gasteiger partial charge in [0.05, 0.1) is 19.6 Å². The van der Waals surface area contributed by atoms with E-state index in [0.717, 1.165) is 35.5 Å². The molecule has 7 aliphatic rings. The highest BCUT2D eigenvalue weighted by Gasteiger charge is 2.65. The summed E-state index contributed by atoms with van der Waals surface area (Å²) in [4.78, 5) is 25.1. The Balaban J connectivity index is 1.55. The Labute approximate surface area is 155 Å². The van der Waals surface area contributed by atoms with E-state index in [2.05, 4.69) is 0 Å². The van der Waals surface area contributed by atoms with Crippen LogP contribution in [0.2, 0.25) is 0 Å². The van der Waals surface area contributed by atoms with Crippen molar-refractivity contribution in [2.45, 2.75) is 52.4 Å². The normalized spacial score (nSPS) is 45.8. The van der Waals surface area contributed by atoms with Gasteiger partial charge in [-0.15, -0.1) is 0 Å². The molecule has 0 aromatic rings. The summed E-state index contributed by atoms with van der Waals surface area (Å²) in [5, 5.41) is 0. The Morgan fingerprint density at radius 1 is 0.846 bits per heavy atom. The zero-order chi connectivity index (χ0) is 18.0. The lowest BCUT2D eigenvalue weighted by Crippen LogP contribution is -2.63. The van der Waals surface area contributed by atoms with Crippen molar-refractivity contribution < 1.29 is 19.1 Å². The summed E-state index contributed by atoms with van der Waals surface area (Å²) >= 11 is 0. The Morgan fingerprint density at radius 3 is 2.04 bits per heavy atom. The molecule has 0 N–H and O–H groups in total.